The van der Waals surface area contributed by atoms with Crippen molar-refractivity contribution in [1.29, 1.82) is 0 Å². The molecule has 6 nitrogen and oxygen atoms in total. The number of rotatable bonds is 6. The lowest BCUT2D eigenvalue weighted by atomic mass is 10.00. The summed E-state index contributed by atoms with van der Waals surface area (Å²) in [5, 5.41) is 2.92. The van der Waals surface area contributed by atoms with Gasteiger partial charge in [0.05, 0.1) is 14.2 Å². The van der Waals surface area contributed by atoms with E-state index in [1.54, 1.807) is 44.7 Å². The Morgan fingerprint density at radius 2 is 2.00 bits per heavy atom. The van der Waals surface area contributed by atoms with Crippen LogP contribution in [0.4, 0.5) is 11.5 Å². The van der Waals surface area contributed by atoms with Crippen LogP contribution in [0.2, 0.25) is 0 Å². The van der Waals surface area contributed by atoms with Crippen molar-refractivity contribution in [3.8, 4) is 11.5 Å². The first-order valence-corrected chi connectivity index (χ1v) is 9.42. The van der Waals surface area contributed by atoms with Crippen LogP contribution in [0.25, 0.3) is 0 Å². The first-order chi connectivity index (χ1) is 13.2. The van der Waals surface area contributed by atoms with Crippen LogP contribution in [0.5, 0.6) is 11.5 Å². The summed E-state index contributed by atoms with van der Waals surface area (Å²) in [7, 11) is 3.15. The summed E-state index contributed by atoms with van der Waals surface area (Å²) in [6.45, 7) is 3.20. The SMILES string of the molecule is CCC1CCCCN1c1cc(C(=O)Nc2ccc(OC)c(OC)c2)ccn1. The molecule has 0 bridgehead atoms. The summed E-state index contributed by atoms with van der Waals surface area (Å²) in [6.07, 6.45) is 6.40. The third-order valence-corrected chi connectivity index (χ3v) is 5.04. The van der Waals surface area contributed by atoms with Crippen LogP contribution in [0.1, 0.15) is 43.0 Å². The molecule has 6 heteroatoms. The molecule has 1 fully saturated rings. The fourth-order valence-corrected chi connectivity index (χ4v) is 3.56. The minimum Gasteiger partial charge on any atom is -0.493 e. The number of nitrogens with one attached hydrogen (secondary N) is 1. The minimum absolute atomic E-state index is 0.170. The number of amides is 1. The average Bonchev–Trinajstić information content (AvgIpc) is 2.73. The van der Waals surface area contributed by atoms with Crippen LogP contribution in [0.3, 0.4) is 0 Å². The molecule has 3 rings (SSSR count). The Morgan fingerprint density at radius 3 is 2.74 bits per heavy atom. The third-order valence-electron chi connectivity index (χ3n) is 5.04. The predicted octanol–water partition coefficient (Wildman–Crippen LogP) is 4.12. The highest BCUT2D eigenvalue weighted by Gasteiger charge is 2.22. The molecule has 1 aromatic heterocycles. The van der Waals surface area contributed by atoms with Gasteiger partial charge in [0, 0.05) is 36.1 Å². The molecule has 27 heavy (non-hydrogen) atoms. The number of pyridine rings is 1. The lowest BCUT2D eigenvalue weighted by Gasteiger charge is -2.36. The number of carbonyl (C=O) groups excluding carboxylic acids is 1. The van der Waals surface area contributed by atoms with Crippen LogP contribution in [-0.2, 0) is 0 Å². The van der Waals surface area contributed by atoms with Gasteiger partial charge in [-0.15, -0.1) is 0 Å². The van der Waals surface area contributed by atoms with Crippen LogP contribution < -0.4 is 19.7 Å². The molecule has 2 aromatic rings. The largest absolute Gasteiger partial charge is 0.493 e. The van der Waals surface area contributed by atoms with E-state index in [4.69, 9.17) is 9.47 Å². The lowest BCUT2D eigenvalue weighted by Crippen LogP contribution is -2.39. The van der Waals surface area contributed by atoms with Gasteiger partial charge in [0.1, 0.15) is 5.82 Å². The van der Waals surface area contributed by atoms with Gasteiger partial charge in [-0.05, 0) is 49.9 Å². The molecule has 1 aliphatic rings. The maximum atomic E-state index is 12.7. The molecule has 2 heterocycles. The van der Waals surface area contributed by atoms with Crippen molar-refractivity contribution in [3.05, 3.63) is 42.1 Å². The van der Waals surface area contributed by atoms with Gasteiger partial charge in [-0.1, -0.05) is 6.92 Å². The summed E-state index contributed by atoms with van der Waals surface area (Å²) >= 11 is 0. The van der Waals surface area contributed by atoms with Crippen molar-refractivity contribution in [2.45, 2.75) is 38.6 Å². The number of methoxy groups -OCH3 is 2. The van der Waals surface area contributed by atoms with E-state index in [1.165, 1.54) is 19.3 Å². The Kier molecular flexibility index (Phi) is 6.16. The van der Waals surface area contributed by atoms with E-state index >= 15 is 0 Å². The van der Waals surface area contributed by atoms with E-state index in [9.17, 15) is 4.79 Å². The Labute approximate surface area is 160 Å². The maximum Gasteiger partial charge on any atom is 0.255 e. The van der Waals surface area contributed by atoms with Crippen molar-refractivity contribution >= 4 is 17.4 Å². The van der Waals surface area contributed by atoms with Gasteiger partial charge in [-0.2, -0.15) is 0 Å². The molecule has 1 saturated heterocycles. The molecule has 1 aliphatic heterocycles. The summed E-state index contributed by atoms with van der Waals surface area (Å²) in [6, 6.07) is 9.42. The second-order valence-corrected chi connectivity index (χ2v) is 6.68. The Hall–Kier alpha value is -2.76. The van der Waals surface area contributed by atoms with Crippen molar-refractivity contribution < 1.29 is 14.3 Å². The molecular formula is C21H27N3O3. The zero-order chi connectivity index (χ0) is 19.2. The fourth-order valence-electron chi connectivity index (χ4n) is 3.56. The number of carbonyl (C=O) groups is 1. The molecular weight excluding hydrogens is 342 g/mol. The Balaban J connectivity index is 1.77. The summed E-state index contributed by atoms with van der Waals surface area (Å²) in [5.41, 5.74) is 1.25. The van der Waals surface area contributed by atoms with E-state index < -0.39 is 0 Å². The normalized spacial score (nSPS) is 16.7. The highest BCUT2D eigenvalue weighted by atomic mass is 16.5. The van der Waals surface area contributed by atoms with E-state index in [0.717, 1.165) is 18.8 Å². The minimum atomic E-state index is -0.170. The van der Waals surface area contributed by atoms with Gasteiger partial charge in [-0.3, -0.25) is 4.79 Å². The molecule has 0 saturated carbocycles. The molecule has 0 aliphatic carbocycles. The van der Waals surface area contributed by atoms with Crippen molar-refractivity contribution in [2.75, 3.05) is 31.0 Å². The van der Waals surface area contributed by atoms with E-state index in [-0.39, 0.29) is 5.91 Å². The molecule has 0 radical (unpaired) electrons. The highest BCUT2D eigenvalue weighted by Crippen LogP contribution is 2.30. The molecule has 1 unspecified atom stereocenters. The number of aromatic nitrogens is 1. The van der Waals surface area contributed by atoms with Crippen molar-refractivity contribution in [3.63, 3.8) is 0 Å². The summed E-state index contributed by atoms with van der Waals surface area (Å²) in [5.74, 6) is 1.90. The number of hydrogen-bond acceptors (Lipinski definition) is 5. The molecule has 1 aromatic carbocycles. The maximum absolute atomic E-state index is 12.7. The first-order valence-electron chi connectivity index (χ1n) is 9.42. The summed E-state index contributed by atoms with van der Waals surface area (Å²) in [4.78, 5) is 19.6. The van der Waals surface area contributed by atoms with E-state index in [2.05, 4.69) is 22.1 Å². The Morgan fingerprint density at radius 1 is 1.19 bits per heavy atom. The monoisotopic (exact) mass is 369 g/mol. The van der Waals surface area contributed by atoms with E-state index in [0.29, 0.717) is 28.8 Å². The van der Waals surface area contributed by atoms with Crippen molar-refractivity contribution in [2.24, 2.45) is 0 Å². The third kappa shape index (κ3) is 4.32. The molecule has 1 amide bonds. The van der Waals surface area contributed by atoms with Gasteiger partial charge in [0.25, 0.3) is 5.91 Å². The van der Waals surface area contributed by atoms with Crippen LogP contribution in [-0.4, -0.2) is 37.7 Å². The van der Waals surface area contributed by atoms with Gasteiger partial charge in [-0.25, -0.2) is 4.98 Å². The smallest absolute Gasteiger partial charge is 0.255 e. The Bertz CT molecular complexity index is 794. The number of nitrogens with zero attached hydrogens (tertiary/aromatic N) is 2. The quantitative estimate of drug-likeness (QED) is 0.830. The van der Waals surface area contributed by atoms with Gasteiger partial charge >= 0.3 is 0 Å². The number of hydrogen-bond donors (Lipinski definition) is 1. The van der Waals surface area contributed by atoms with Crippen LogP contribution in [0, 0.1) is 0 Å². The fraction of sp³-hybridized carbons (Fsp3) is 0.429. The van der Waals surface area contributed by atoms with Gasteiger partial charge < -0.3 is 19.7 Å². The van der Waals surface area contributed by atoms with Gasteiger partial charge in [0.2, 0.25) is 0 Å². The number of ether oxygens (including phenoxy) is 2. The molecule has 1 atom stereocenters. The zero-order valence-corrected chi connectivity index (χ0v) is 16.2. The number of piperidine rings is 1. The van der Waals surface area contributed by atoms with Gasteiger partial charge in [0.15, 0.2) is 11.5 Å². The predicted molar refractivity (Wildman–Crippen MR) is 107 cm³/mol. The first kappa shape index (κ1) is 19.0. The van der Waals surface area contributed by atoms with Crippen LogP contribution >= 0.6 is 0 Å². The second kappa shape index (κ2) is 8.75. The second-order valence-electron chi connectivity index (χ2n) is 6.68. The zero-order valence-electron chi connectivity index (χ0n) is 16.2. The number of benzene rings is 1. The lowest BCUT2D eigenvalue weighted by molar-refractivity contribution is 0.102. The topological polar surface area (TPSA) is 63.7 Å². The standard InChI is InChI=1S/C21H27N3O3/c1-4-17-7-5-6-12-24(17)20-13-15(10-11-22-20)21(25)23-16-8-9-18(26-2)19(14-16)27-3/h8-11,13-14,17H,4-7,12H2,1-3H3,(H,23,25). The highest BCUT2D eigenvalue weighted by molar-refractivity contribution is 6.04. The molecule has 1 N–H and O–H groups in total. The summed E-state index contributed by atoms with van der Waals surface area (Å²) < 4.78 is 10.5. The average molecular weight is 369 g/mol. The van der Waals surface area contributed by atoms with Crippen molar-refractivity contribution in [1.82, 2.24) is 4.98 Å². The van der Waals surface area contributed by atoms with Crippen LogP contribution in [0.15, 0.2) is 36.5 Å². The molecule has 0 spiro atoms. The molecule has 144 valence electrons. The number of anilines is 2. The van der Waals surface area contributed by atoms with E-state index in [1.807, 2.05) is 6.07 Å².